The van der Waals surface area contributed by atoms with Crippen LogP contribution in [0.15, 0.2) is 46.9 Å². The van der Waals surface area contributed by atoms with Crippen LogP contribution in [0.1, 0.15) is 45.2 Å². The zero-order chi connectivity index (χ0) is 26.8. The maximum absolute atomic E-state index is 13.0. The fraction of sp³-hybridized carbons (Fsp3) is 0.333. The Bertz CT molecular complexity index is 1510. The van der Waals surface area contributed by atoms with Crippen LogP contribution in [0.3, 0.4) is 0 Å². The molecule has 200 valence electrons. The van der Waals surface area contributed by atoms with Gasteiger partial charge >= 0.3 is 0 Å². The number of hydrogen-bond acceptors (Lipinski definition) is 9. The van der Waals surface area contributed by atoms with E-state index in [1.807, 2.05) is 36.4 Å². The molecule has 0 bridgehead atoms. The van der Waals surface area contributed by atoms with Crippen LogP contribution in [0.2, 0.25) is 0 Å². The van der Waals surface area contributed by atoms with E-state index in [1.165, 1.54) is 11.3 Å². The normalized spacial score (nSPS) is 17.0. The molecule has 2 aromatic heterocycles. The highest BCUT2D eigenvalue weighted by Gasteiger charge is 2.28. The van der Waals surface area contributed by atoms with Gasteiger partial charge in [-0.1, -0.05) is 18.2 Å². The van der Waals surface area contributed by atoms with E-state index in [4.69, 9.17) is 9.56 Å². The molecule has 2 aromatic carbocycles. The lowest BCUT2D eigenvalue weighted by molar-refractivity contribution is 0.0546. The maximum atomic E-state index is 13.0. The van der Waals surface area contributed by atoms with Gasteiger partial charge in [0.2, 0.25) is 11.8 Å². The van der Waals surface area contributed by atoms with E-state index < -0.39 is 27.2 Å². The Kier molecular flexibility index (Phi) is 8.07. The number of piperidine rings is 1. The number of thiazole rings is 1. The third kappa shape index (κ3) is 5.90. The first kappa shape index (κ1) is 26.7. The first-order valence-electron chi connectivity index (χ1n) is 11.8. The van der Waals surface area contributed by atoms with Crippen LogP contribution in [-0.2, 0) is 28.5 Å². The van der Waals surface area contributed by atoms with Crippen molar-refractivity contribution in [2.24, 2.45) is 5.14 Å². The quantitative estimate of drug-likeness (QED) is 0.288. The van der Waals surface area contributed by atoms with Crippen LogP contribution in [-0.4, -0.2) is 65.0 Å². The Balaban J connectivity index is 1.40. The smallest absolute Gasteiger partial charge is 0.253 e. The zero-order valence-electron chi connectivity index (χ0n) is 20.4. The summed E-state index contributed by atoms with van der Waals surface area (Å²) in [6, 6.07) is 13.3. The molecule has 38 heavy (non-hydrogen) atoms. The van der Waals surface area contributed by atoms with Crippen molar-refractivity contribution in [2.45, 2.75) is 30.7 Å². The topological polar surface area (TPSA) is 165 Å². The Morgan fingerprint density at radius 1 is 1.21 bits per heavy atom. The van der Waals surface area contributed by atoms with Gasteiger partial charge in [-0.05, 0) is 48.2 Å². The van der Waals surface area contributed by atoms with Crippen LogP contribution < -0.4 is 9.86 Å². The van der Waals surface area contributed by atoms with Crippen LogP contribution in [0.4, 0.5) is 0 Å². The first-order valence-corrected chi connectivity index (χ1v) is 15.5. The number of hydrogen-bond donors (Lipinski definition) is 3. The van der Waals surface area contributed by atoms with E-state index in [1.54, 1.807) is 17.2 Å². The number of amides is 1. The molecule has 1 fully saturated rings. The van der Waals surface area contributed by atoms with Crippen molar-refractivity contribution >= 4 is 49.4 Å². The largest absolute Gasteiger partial charge is 0.422 e. The van der Waals surface area contributed by atoms with Gasteiger partial charge in [0, 0.05) is 35.7 Å². The molecule has 5 rings (SSSR count). The van der Waals surface area contributed by atoms with Gasteiger partial charge in [0.05, 0.1) is 22.9 Å². The van der Waals surface area contributed by atoms with Gasteiger partial charge in [0.1, 0.15) is 5.01 Å². The van der Waals surface area contributed by atoms with Gasteiger partial charge < -0.3 is 14.4 Å². The van der Waals surface area contributed by atoms with Crippen molar-refractivity contribution in [1.82, 2.24) is 24.8 Å². The van der Waals surface area contributed by atoms with E-state index in [2.05, 4.69) is 19.9 Å². The van der Waals surface area contributed by atoms with E-state index >= 15 is 0 Å². The Labute approximate surface area is 227 Å². The molecule has 0 radical (unpaired) electrons. The molecule has 11 nitrogen and oxygen atoms in total. The molecule has 3 heterocycles. The summed E-state index contributed by atoms with van der Waals surface area (Å²) < 4.78 is 32.7. The van der Waals surface area contributed by atoms with Gasteiger partial charge in [-0.25, -0.2) is 19.1 Å². The minimum absolute atomic E-state index is 0.0175. The number of aliphatic hydroxyl groups excluding tert-OH is 1. The van der Waals surface area contributed by atoms with Crippen molar-refractivity contribution in [3.63, 3.8) is 0 Å². The lowest BCUT2D eigenvalue weighted by atomic mass is 10.0. The number of fused-ring (bicyclic) bond motifs is 1. The van der Waals surface area contributed by atoms with Crippen molar-refractivity contribution < 1.29 is 22.7 Å². The molecule has 3 atom stereocenters. The van der Waals surface area contributed by atoms with Gasteiger partial charge in [-0.2, -0.15) is 0 Å². The average molecular weight is 575 g/mol. The molecule has 4 aromatic rings. The predicted molar refractivity (Wildman–Crippen MR) is 146 cm³/mol. The number of carbonyl (C=O) groups excluding carboxylic acids is 1. The highest BCUT2D eigenvalue weighted by molar-refractivity contribution is 7.84. The molecule has 1 amide bonds. The lowest BCUT2D eigenvalue weighted by Crippen LogP contribution is -2.40. The molecule has 3 unspecified atom stereocenters. The number of rotatable bonds is 8. The molecular formula is C24H26N6O5S3. The number of nitrogens with zero attached hydrogens (tertiary/aromatic N) is 4. The standard InChI is InChI=1S/C24H26N6O5S3/c1-37(33)21(22-29-28-20(35-22)13-26-38(25)34)23-27-18-6-5-15(12-19(18)36-23)14-3-2-4-16(11-14)24(32)30-9-7-17(31)8-10-30/h2-6,11-12,17,21,26,31H,7-10,13,25H2,1H3. The van der Waals surface area contributed by atoms with Gasteiger partial charge in [0.15, 0.2) is 16.4 Å². The zero-order valence-corrected chi connectivity index (χ0v) is 22.9. The minimum atomic E-state index is -1.73. The summed E-state index contributed by atoms with van der Waals surface area (Å²) in [6.45, 7) is 1.11. The number of aliphatic hydroxyl groups is 1. The lowest BCUT2D eigenvalue weighted by Gasteiger charge is -2.29. The molecule has 14 heteroatoms. The second-order valence-electron chi connectivity index (χ2n) is 8.87. The summed E-state index contributed by atoms with van der Waals surface area (Å²) in [5.41, 5.74) is 3.16. The summed E-state index contributed by atoms with van der Waals surface area (Å²) in [5.74, 6) is 0.286. The average Bonchev–Trinajstić information content (AvgIpc) is 3.54. The van der Waals surface area contributed by atoms with Crippen LogP contribution in [0.5, 0.6) is 0 Å². The van der Waals surface area contributed by atoms with E-state index in [-0.39, 0.29) is 30.3 Å². The highest BCUT2D eigenvalue weighted by atomic mass is 32.2. The van der Waals surface area contributed by atoms with Crippen molar-refractivity contribution in [2.75, 3.05) is 19.3 Å². The fourth-order valence-electron chi connectivity index (χ4n) is 4.28. The predicted octanol–water partition coefficient (Wildman–Crippen LogP) is 2.04. The summed E-state index contributed by atoms with van der Waals surface area (Å²) >= 11 is -0.343. The molecule has 4 N–H and O–H groups in total. The van der Waals surface area contributed by atoms with Crippen molar-refractivity contribution in [3.05, 3.63) is 64.8 Å². The molecule has 1 saturated heterocycles. The summed E-state index contributed by atoms with van der Waals surface area (Å²) in [7, 11) is -1.40. The van der Waals surface area contributed by atoms with Crippen LogP contribution in [0, 0.1) is 0 Å². The SMILES string of the molecule is CS(=O)C(c1nnc(CNS(N)=O)o1)c1nc2ccc(-c3cccc(C(=O)N4CCC(O)CC4)c3)cc2s1. The third-order valence-electron chi connectivity index (χ3n) is 6.23. The van der Waals surface area contributed by atoms with Crippen molar-refractivity contribution in [1.29, 1.82) is 0 Å². The highest BCUT2D eigenvalue weighted by Crippen LogP contribution is 2.35. The molecular weight excluding hydrogens is 549 g/mol. The summed E-state index contributed by atoms with van der Waals surface area (Å²) in [5, 5.41) is 22.7. The number of nitrogens with one attached hydrogen (secondary N) is 1. The first-order chi connectivity index (χ1) is 18.3. The number of aromatic nitrogens is 3. The van der Waals surface area contributed by atoms with E-state index in [0.717, 1.165) is 21.3 Å². The second-order valence-corrected chi connectivity index (χ2v) is 12.3. The monoisotopic (exact) mass is 574 g/mol. The van der Waals surface area contributed by atoms with Crippen molar-refractivity contribution in [3.8, 4) is 11.1 Å². The second kappa shape index (κ2) is 11.5. The van der Waals surface area contributed by atoms with E-state index in [9.17, 15) is 18.3 Å². The summed E-state index contributed by atoms with van der Waals surface area (Å²) in [4.78, 5) is 19.5. The molecule has 1 aliphatic heterocycles. The van der Waals surface area contributed by atoms with Gasteiger partial charge in [0.25, 0.3) is 5.91 Å². The minimum Gasteiger partial charge on any atom is -0.422 e. The van der Waals surface area contributed by atoms with Gasteiger partial charge in [-0.15, -0.1) is 21.5 Å². The molecule has 0 aliphatic carbocycles. The van der Waals surface area contributed by atoms with Crippen LogP contribution in [0.25, 0.3) is 21.3 Å². The Morgan fingerprint density at radius 2 is 1.97 bits per heavy atom. The van der Waals surface area contributed by atoms with E-state index in [0.29, 0.717) is 36.5 Å². The van der Waals surface area contributed by atoms with Crippen LogP contribution >= 0.6 is 11.3 Å². The number of carbonyl (C=O) groups is 1. The Hall–Kier alpha value is -2.88. The fourth-order valence-corrected chi connectivity index (χ4v) is 6.80. The number of likely N-dealkylation sites (tertiary alicyclic amines) is 1. The number of nitrogens with two attached hydrogens (primary N) is 1. The number of benzene rings is 2. The molecule has 0 saturated carbocycles. The maximum Gasteiger partial charge on any atom is 0.253 e. The third-order valence-corrected chi connectivity index (χ3v) is 8.98. The Morgan fingerprint density at radius 3 is 2.71 bits per heavy atom. The summed E-state index contributed by atoms with van der Waals surface area (Å²) in [6.07, 6.45) is 2.39. The molecule has 1 aliphatic rings. The van der Waals surface area contributed by atoms with Gasteiger partial charge in [-0.3, -0.25) is 9.00 Å². The molecule has 0 spiro atoms.